The first kappa shape index (κ1) is 97.1. The monoisotopic (exact) mass is 1720 g/mol. The summed E-state index contributed by atoms with van der Waals surface area (Å²) in [4.78, 5) is 98.7. The predicted octanol–water partition coefficient (Wildman–Crippen LogP) is 8.22. The molecule has 1 aromatic carbocycles. The number of carbonyl (C=O) groups excluding carboxylic acids is 6. The summed E-state index contributed by atoms with van der Waals surface area (Å²) in [5.41, 5.74) is 18.4. The number of amides is 2. The number of anilines is 1. The molecule has 15 atom stereocenters. The lowest BCUT2D eigenvalue weighted by molar-refractivity contribution is -0.265. The smallest absolute Gasteiger partial charge is 0.329 e. The number of ether oxygens (including phenoxy) is 12. The van der Waals surface area contributed by atoms with Crippen molar-refractivity contribution in [2.45, 2.75) is 237 Å². The number of Topliss-reactive ketones (excluding diaryl/α,β-unsaturated/α-hetero) is 3. The van der Waals surface area contributed by atoms with Crippen molar-refractivity contribution < 1.29 is 101 Å². The first-order chi connectivity index (χ1) is 59.4. The number of nitrogens with one attached hydrogen (secondary N) is 2. The molecule has 2 aliphatic carbocycles. The zero-order valence-electron chi connectivity index (χ0n) is 73.3. The number of aliphatic hydroxyl groups is 3. The van der Waals surface area contributed by atoms with Gasteiger partial charge >= 0.3 is 5.97 Å². The van der Waals surface area contributed by atoms with Gasteiger partial charge in [0.15, 0.2) is 11.6 Å². The summed E-state index contributed by atoms with van der Waals surface area (Å²) in [6.45, 7) is 16.8. The number of para-hydroxylation sites is 1. The second kappa shape index (κ2) is 49.1. The molecule has 2 saturated carbocycles. The van der Waals surface area contributed by atoms with E-state index in [9.17, 15) is 44.1 Å². The minimum Gasteiger partial charge on any atom is -0.495 e. The van der Waals surface area contributed by atoms with Crippen LogP contribution in [0.4, 0.5) is 5.82 Å². The van der Waals surface area contributed by atoms with E-state index in [0.717, 1.165) is 82.9 Å². The Morgan fingerprint density at radius 3 is 2.17 bits per heavy atom. The number of nitrogens with zero attached hydrogens (tertiary/aromatic N) is 8. The molecule has 4 aromatic heterocycles. The fraction of sp³-hybridized carbons (Fsp3) is 0.678. The largest absolute Gasteiger partial charge is 0.495 e. The predicted molar refractivity (Wildman–Crippen MR) is 458 cm³/mol. The van der Waals surface area contributed by atoms with Crippen molar-refractivity contribution in [3.63, 3.8) is 0 Å². The number of cyclic esters (lactones) is 1. The molecule has 33 heteroatoms. The van der Waals surface area contributed by atoms with Gasteiger partial charge in [-0.2, -0.15) is 5.10 Å². The summed E-state index contributed by atoms with van der Waals surface area (Å²) >= 11 is 0. The highest BCUT2D eigenvalue weighted by Gasteiger charge is 2.53. The van der Waals surface area contributed by atoms with Crippen LogP contribution in [0.2, 0.25) is 0 Å². The maximum absolute atomic E-state index is 14.7. The summed E-state index contributed by atoms with van der Waals surface area (Å²) in [6.07, 6.45) is 18.0. The van der Waals surface area contributed by atoms with Gasteiger partial charge in [-0.15, -0.1) is 5.10 Å². The lowest BCUT2D eigenvalue weighted by Crippen LogP contribution is -2.61. The number of imidazole rings is 1. The van der Waals surface area contributed by atoms with Crippen LogP contribution in [0.3, 0.4) is 0 Å². The van der Waals surface area contributed by atoms with Crippen molar-refractivity contribution in [1.82, 2.24) is 49.8 Å². The number of nitrogen functional groups attached to an aromatic ring is 1. The van der Waals surface area contributed by atoms with Crippen molar-refractivity contribution in [1.29, 1.82) is 0 Å². The fourth-order valence-corrected chi connectivity index (χ4v) is 17.3. The van der Waals surface area contributed by atoms with E-state index in [-0.39, 0.29) is 73.2 Å². The topological polar surface area (TPSA) is 431 Å². The number of H-pyrrole nitrogens is 1. The highest BCUT2D eigenvalue weighted by Crippen LogP contribution is 2.42. The Balaban J connectivity index is 0.568. The number of fused-ring (bicyclic) bond motifs is 5. The first-order valence-electron chi connectivity index (χ1n) is 44.2. The van der Waals surface area contributed by atoms with Crippen LogP contribution in [0.15, 0.2) is 84.4 Å². The van der Waals surface area contributed by atoms with Gasteiger partial charge < -0.3 is 98.8 Å². The minimum atomic E-state index is -2.49. The Morgan fingerprint density at radius 1 is 0.764 bits per heavy atom. The molecule has 9 N–H and O–H groups in total. The van der Waals surface area contributed by atoms with Crippen LogP contribution in [-0.4, -0.2) is 276 Å². The highest BCUT2D eigenvalue weighted by atomic mass is 16.6. The molecule has 123 heavy (non-hydrogen) atoms. The third kappa shape index (κ3) is 27.7. The van der Waals surface area contributed by atoms with Gasteiger partial charge in [-0.1, -0.05) is 81.5 Å². The number of hydrogen-bond acceptors (Lipinski definition) is 28. The zero-order valence-corrected chi connectivity index (χ0v) is 73.3. The number of unbranched alkanes of at least 4 members (excludes halogenated alkanes) is 1. The number of hydrogen-bond donors (Lipinski definition) is 7. The van der Waals surface area contributed by atoms with E-state index in [1.807, 2.05) is 74.7 Å². The molecular formula is C90H134N12O21. The van der Waals surface area contributed by atoms with Gasteiger partial charge in [0.1, 0.15) is 59.2 Å². The Morgan fingerprint density at radius 2 is 1.47 bits per heavy atom. The van der Waals surface area contributed by atoms with E-state index in [1.165, 1.54) is 19.3 Å². The number of benzene rings is 1. The molecule has 680 valence electrons. The van der Waals surface area contributed by atoms with Crippen LogP contribution in [0.5, 0.6) is 5.75 Å². The molecule has 0 radical (unpaired) electrons. The van der Waals surface area contributed by atoms with E-state index in [0.29, 0.717) is 180 Å². The van der Waals surface area contributed by atoms with Crippen molar-refractivity contribution in [3.05, 3.63) is 95.9 Å². The number of nitrogens with two attached hydrogens (primary N) is 2. The number of carbonyl (C=O) groups is 6. The molecule has 2 bridgehead atoms. The van der Waals surface area contributed by atoms with Gasteiger partial charge in [-0.25, -0.2) is 24.0 Å². The summed E-state index contributed by atoms with van der Waals surface area (Å²) in [6, 6.07) is 5.76. The summed E-state index contributed by atoms with van der Waals surface area (Å²) < 4.78 is 74.0. The van der Waals surface area contributed by atoms with Gasteiger partial charge in [0.2, 0.25) is 11.7 Å². The van der Waals surface area contributed by atoms with Gasteiger partial charge in [0, 0.05) is 94.0 Å². The third-order valence-electron chi connectivity index (χ3n) is 24.6. The molecule has 2 saturated heterocycles. The van der Waals surface area contributed by atoms with Crippen LogP contribution in [-0.2, 0) is 93.8 Å². The molecule has 0 spiro atoms. The molecule has 2 amide bonds. The number of esters is 1. The van der Waals surface area contributed by atoms with E-state index in [2.05, 4.69) is 30.7 Å². The van der Waals surface area contributed by atoms with Crippen LogP contribution in [0.1, 0.15) is 175 Å². The van der Waals surface area contributed by atoms with Crippen molar-refractivity contribution in [2.24, 2.45) is 41.2 Å². The third-order valence-corrected chi connectivity index (χ3v) is 24.6. The van der Waals surface area contributed by atoms with E-state index in [4.69, 9.17) is 73.3 Å². The molecule has 0 unspecified atom stereocenters. The molecule has 33 nitrogen and oxygen atoms in total. The maximum atomic E-state index is 14.7. The number of rotatable bonds is 36. The minimum absolute atomic E-state index is 0.0267. The number of piperidine rings is 1. The lowest BCUT2D eigenvalue weighted by Gasteiger charge is -2.42. The number of allylic oxidation sites excluding steroid dienone is 6. The second-order valence-electron chi connectivity index (χ2n) is 33.7. The number of aliphatic hydroxyl groups excluding tert-OH is 2. The number of methoxy groups -OCH3 is 3. The Labute approximate surface area is 721 Å². The van der Waals surface area contributed by atoms with Crippen LogP contribution < -0.4 is 21.5 Å². The molecule has 4 fully saturated rings. The molecular weight excluding hydrogens is 1590 g/mol. The van der Waals surface area contributed by atoms with E-state index in [1.54, 1.807) is 51.3 Å². The molecule has 7 heterocycles. The standard InChI is InChI=1S/C90H134N12O21/c1-57-18-11-10-12-19-58(2)75(113-8)53-68-30-24-62(6)90(111,123-68)84(107)88(109)101-33-15-13-22-71(101)89(110)122-76(54-72(103)59(3)49-61(5)82(105)83(106)81(104)60(4)48-57)69(91)50-63-25-31-73(77(51-63)114-9)121-35-16-14-21-67-55-100(99-98-67)34-37-116-39-41-118-43-45-120-47-46-119-44-42-117-40-38-115-36-32-93-87(108)65-28-26-64(27-29-65)86-97-79(80-85(92)94-56-95-102(80)86)70-52-66-20-17-23-74(112-7)78(66)96-70/h10-12,17-20,23,49,52,55-57,59-60,62-65,68-69,71,73,75-77,82-83,96,105-106,111H,13-16,21-22,24-48,50-51,53-54,91H2,1-9H3,(H,93,108)(H2,92,94,95)/b12-10+,18-11+,58-19+,61-49+/t57-,59-,60-,62-,63+,64?,65?,68+,69-,71+,73-,75+,76+,77-,82-,83+,90-/m1/s1. The number of ketones is 3. The number of aromatic nitrogens is 8. The second-order valence-corrected chi connectivity index (χ2v) is 33.7. The molecule has 10 rings (SSSR count). The summed E-state index contributed by atoms with van der Waals surface area (Å²) in [5, 5.41) is 51.9. The lowest BCUT2D eigenvalue weighted by atomic mass is 9.80. The van der Waals surface area contributed by atoms with E-state index < -0.39 is 95.4 Å². The van der Waals surface area contributed by atoms with E-state index >= 15 is 0 Å². The number of aryl methyl sites for hydroxylation is 1. The summed E-state index contributed by atoms with van der Waals surface area (Å²) in [5.74, 6) is -6.98. The fourth-order valence-electron chi connectivity index (χ4n) is 17.3. The quantitative estimate of drug-likeness (QED) is 0.00859. The Kier molecular flexibility index (Phi) is 38.8. The van der Waals surface area contributed by atoms with Gasteiger partial charge in [-0.05, 0) is 158 Å². The van der Waals surface area contributed by atoms with Crippen molar-refractivity contribution >= 4 is 57.4 Å². The van der Waals surface area contributed by atoms with Crippen LogP contribution in [0.25, 0.3) is 27.8 Å². The zero-order chi connectivity index (χ0) is 88.0. The SMILES string of the molecule is COc1cccc2cc(-c3nc(C4CCC(C(=O)NCCOCCOCCOCCOCCOCCOCCn5cc(CCCCO[C@@H]6CC[C@@H](C[C@@H](N)[C@@H]7CC(=O)[C@H](C)/C=C(\C)[C@@H](O)[C@@H](O)C(=O)[C@H](C)C[C@H](C)/C=C/C=C/C=C(\C)[C@@H](OC)C[C@@H]8CC[C@@H](C)[C@@](O)(O8)C(=O)C(=O)N8CCCC[C@H]8C(=O)O7)C[C@H]6OC)nn5)CC4)n4ncnc(N)c34)[nH]c12. The molecule has 3 aliphatic heterocycles. The van der Waals surface area contributed by atoms with Crippen molar-refractivity contribution in [3.8, 4) is 17.1 Å². The van der Waals surface area contributed by atoms with Crippen LogP contribution >= 0.6 is 0 Å². The van der Waals surface area contributed by atoms with Gasteiger partial charge in [-0.3, -0.25) is 24.0 Å². The average molecular weight is 1720 g/mol. The normalized spacial score (nSPS) is 28.9. The van der Waals surface area contributed by atoms with Gasteiger partial charge in [0.25, 0.3) is 11.7 Å². The Hall–Kier alpha value is -8.13. The van der Waals surface area contributed by atoms with Crippen LogP contribution in [0, 0.1) is 35.5 Å². The highest BCUT2D eigenvalue weighted by molar-refractivity contribution is 6.39. The van der Waals surface area contributed by atoms with Gasteiger partial charge in [0.05, 0.1) is 134 Å². The molecule has 5 aliphatic rings. The number of aromatic amines is 1. The molecule has 5 aromatic rings. The van der Waals surface area contributed by atoms with Crippen molar-refractivity contribution in [2.75, 3.05) is 126 Å². The first-order valence-corrected chi connectivity index (χ1v) is 44.2. The average Bonchev–Trinajstić information content (AvgIpc) is 1.59. The maximum Gasteiger partial charge on any atom is 0.329 e. The summed E-state index contributed by atoms with van der Waals surface area (Å²) in [7, 11) is 4.85. The Bertz CT molecular complexity index is 4310.